The molecular weight excluding hydrogens is 286 g/mol. The zero-order chi connectivity index (χ0) is 16.7. The highest BCUT2D eigenvalue weighted by atomic mass is 15.2. The van der Waals surface area contributed by atoms with Crippen molar-refractivity contribution < 1.29 is 0 Å². The van der Waals surface area contributed by atoms with E-state index >= 15 is 0 Å². The summed E-state index contributed by atoms with van der Waals surface area (Å²) in [5.74, 6) is 1.85. The van der Waals surface area contributed by atoms with Gasteiger partial charge in [0, 0.05) is 32.2 Å². The summed E-state index contributed by atoms with van der Waals surface area (Å²) in [5.41, 5.74) is 0. The van der Waals surface area contributed by atoms with Crippen molar-refractivity contribution in [3.05, 3.63) is 0 Å². The van der Waals surface area contributed by atoms with Crippen molar-refractivity contribution in [2.24, 2.45) is 10.9 Å². The molecule has 0 aromatic carbocycles. The normalized spacial score (nSPS) is 26.4. The summed E-state index contributed by atoms with van der Waals surface area (Å²) in [5, 5.41) is 7.03. The molecule has 0 aliphatic carbocycles. The molecule has 0 amide bonds. The minimum absolute atomic E-state index is 0.569. The molecule has 0 aromatic rings. The molecule has 2 rings (SSSR count). The van der Waals surface area contributed by atoms with Gasteiger partial charge in [0.2, 0.25) is 0 Å². The standard InChI is InChI=1S/C18H37N5/c1-5-22-10-6-7-17(22)14-21-18(19-4)20-13-16(3)23-11-8-15(2)9-12-23/h15-17H,5-14H2,1-4H3,(H2,19,20,21). The van der Waals surface area contributed by atoms with Gasteiger partial charge in [-0.05, 0) is 64.7 Å². The van der Waals surface area contributed by atoms with Gasteiger partial charge in [-0.15, -0.1) is 0 Å². The second-order valence-corrected chi connectivity index (χ2v) is 7.33. The molecule has 0 aromatic heterocycles. The van der Waals surface area contributed by atoms with Crippen molar-refractivity contribution in [2.75, 3.05) is 46.3 Å². The van der Waals surface area contributed by atoms with Crippen molar-refractivity contribution in [2.45, 2.75) is 58.5 Å². The third-order valence-corrected chi connectivity index (χ3v) is 5.64. The summed E-state index contributed by atoms with van der Waals surface area (Å²) in [4.78, 5) is 9.56. The lowest BCUT2D eigenvalue weighted by molar-refractivity contribution is 0.147. The Kier molecular flexibility index (Phi) is 7.63. The SMILES string of the molecule is CCN1CCCC1CNC(=NC)NCC(C)N1CCC(C)CC1. The monoisotopic (exact) mass is 323 g/mol. The van der Waals surface area contributed by atoms with Crippen LogP contribution in [-0.2, 0) is 0 Å². The molecule has 2 saturated heterocycles. The Morgan fingerprint density at radius 1 is 1.17 bits per heavy atom. The maximum absolute atomic E-state index is 4.39. The van der Waals surface area contributed by atoms with Crippen LogP contribution in [-0.4, -0.2) is 74.2 Å². The van der Waals surface area contributed by atoms with Crippen LogP contribution in [0, 0.1) is 5.92 Å². The van der Waals surface area contributed by atoms with Crippen molar-refractivity contribution in [1.82, 2.24) is 20.4 Å². The van der Waals surface area contributed by atoms with Gasteiger partial charge < -0.3 is 10.6 Å². The quantitative estimate of drug-likeness (QED) is 0.577. The number of aliphatic imine (C=N–C) groups is 1. The highest BCUT2D eigenvalue weighted by molar-refractivity contribution is 5.79. The number of guanidine groups is 1. The fourth-order valence-corrected chi connectivity index (χ4v) is 3.82. The molecule has 23 heavy (non-hydrogen) atoms. The van der Waals surface area contributed by atoms with Crippen LogP contribution in [0.4, 0.5) is 0 Å². The highest BCUT2D eigenvalue weighted by Crippen LogP contribution is 2.17. The predicted molar refractivity (Wildman–Crippen MR) is 99.1 cm³/mol. The van der Waals surface area contributed by atoms with Gasteiger partial charge >= 0.3 is 0 Å². The second kappa shape index (κ2) is 9.48. The molecule has 2 atom stereocenters. The summed E-state index contributed by atoms with van der Waals surface area (Å²) in [6, 6.07) is 1.24. The lowest BCUT2D eigenvalue weighted by Gasteiger charge is -2.35. The first-order valence-electron chi connectivity index (χ1n) is 9.56. The Morgan fingerprint density at radius 3 is 2.57 bits per heavy atom. The molecular formula is C18H37N5. The lowest BCUT2D eigenvalue weighted by Crippen LogP contribution is -2.49. The molecule has 2 aliphatic rings. The van der Waals surface area contributed by atoms with Gasteiger partial charge in [0.25, 0.3) is 0 Å². The molecule has 5 nitrogen and oxygen atoms in total. The number of hydrogen-bond acceptors (Lipinski definition) is 3. The van der Waals surface area contributed by atoms with Crippen molar-refractivity contribution in [3.8, 4) is 0 Å². The van der Waals surface area contributed by atoms with Gasteiger partial charge in [-0.25, -0.2) is 0 Å². The van der Waals surface area contributed by atoms with Crippen LogP contribution in [0.5, 0.6) is 0 Å². The molecule has 0 saturated carbocycles. The summed E-state index contributed by atoms with van der Waals surface area (Å²) in [6.45, 7) is 13.8. The molecule has 5 heteroatoms. The first kappa shape index (κ1) is 18.5. The number of hydrogen-bond donors (Lipinski definition) is 2. The van der Waals surface area contributed by atoms with E-state index in [0.717, 1.165) is 31.5 Å². The van der Waals surface area contributed by atoms with Gasteiger partial charge in [-0.2, -0.15) is 0 Å². The number of likely N-dealkylation sites (tertiary alicyclic amines) is 2. The van der Waals surface area contributed by atoms with Crippen LogP contribution in [0.15, 0.2) is 4.99 Å². The summed E-state index contributed by atoms with van der Waals surface area (Å²) in [7, 11) is 1.87. The van der Waals surface area contributed by atoms with Crippen LogP contribution in [0.1, 0.15) is 46.5 Å². The summed E-state index contributed by atoms with van der Waals surface area (Å²) in [6.07, 6.45) is 5.31. The maximum Gasteiger partial charge on any atom is 0.191 e. The first-order valence-corrected chi connectivity index (χ1v) is 9.56. The van der Waals surface area contributed by atoms with Gasteiger partial charge in [0.15, 0.2) is 5.96 Å². The van der Waals surface area contributed by atoms with Gasteiger partial charge in [-0.1, -0.05) is 13.8 Å². The van der Waals surface area contributed by atoms with Gasteiger partial charge in [0.05, 0.1) is 0 Å². The van der Waals surface area contributed by atoms with Crippen LogP contribution in [0.3, 0.4) is 0 Å². The number of likely N-dealkylation sites (N-methyl/N-ethyl adjacent to an activating group) is 1. The van der Waals surface area contributed by atoms with E-state index in [0.29, 0.717) is 12.1 Å². The van der Waals surface area contributed by atoms with E-state index in [1.807, 2.05) is 7.05 Å². The molecule has 2 N–H and O–H groups in total. The van der Waals surface area contributed by atoms with E-state index in [-0.39, 0.29) is 0 Å². The number of piperidine rings is 1. The zero-order valence-electron chi connectivity index (χ0n) is 15.6. The van der Waals surface area contributed by atoms with E-state index in [1.165, 1.54) is 45.3 Å². The molecule has 134 valence electrons. The minimum Gasteiger partial charge on any atom is -0.355 e. The largest absolute Gasteiger partial charge is 0.355 e. The lowest BCUT2D eigenvalue weighted by atomic mass is 9.98. The second-order valence-electron chi connectivity index (χ2n) is 7.33. The third-order valence-electron chi connectivity index (χ3n) is 5.64. The molecule has 0 bridgehead atoms. The average Bonchev–Trinajstić information content (AvgIpc) is 3.03. The number of nitrogens with zero attached hydrogens (tertiary/aromatic N) is 3. The molecule has 2 aliphatic heterocycles. The molecule has 2 unspecified atom stereocenters. The smallest absolute Gasteiger partial charge is 0.191 e. The minimum atomic E-state index is 0.569. The summed E-state index contributed by atoms with van der Waals surface area (Å²) < 4.78 is 0. The third kappa shape index (κ3) is 5.64. The predicted octanol–water partition coefficient (Wildman–Crippen LogP) is 1.76. The van der Waals surface area contributed by atoms with E-state index < -0.39 is 0 Å². The fourth-order valence-electron chi connectivity index (χ4n) is 3.82. The van der Waals surface area contributed by atoms with Crippen molar-refractivity contribution in [3.63, 3.8) is 0 Å². The van der Waals surface area contributed by atoms with Crippen LogP contribution in [0.25, 0.3) is 0 Å². The van der Waals surface area contributed by atoms with E-state index in [2.05, 4.69) is 46.2 Å². The summed E-state index contributed by atoms with van der Waals surface area (Å²) >= 11 is 0. The number of nitrogens with one attached hydrogen (secondary N) is 2. The molecule has 2 heterocycles. The van der Waals surface area contributed by atoms with Gasteiger partial charge in [-0.3, -0.25) is 14.8 Å². The van der Waals surface area contributed by atoms with E-state index in [9.17, 15) is 0 Å². The van der Waals surface area contributed by atoms with E-state index in [1.54, 1.807) is 0 Å². The maximum atomic E-state index is 4.39. The Labute approximate surface area is 142 Å². The Morgan fingerprint density at radius 2 is 1.91 bits per heavy atom. The zero-order valence-corrected chi connectivity index (χ0v) is 15.6. The first-order chi connectivity index (χ1) is 11.1. The molecule has 0 radical (unpaired) electrons. The molecule has 0 spiro atoms. The van der Waals surface area contributed by atoms with Crippen LogP contribution < -0.4 is 10.6 Å². The molecule has 2 fully saturated rings. The van der Waals surface area contributed by atoms with Gasteiger partial charge in [0.1, 0.15) is 0 Å². The Hall–Kier alpha value is -0.810. The van der Waals surface area contributed by atoms with Crippen LogP contribution >= 0.6 is 0 Å². The number of rotatable bonds is 6. The topological polar surface area (TPSA) is 42.9 Å². The van der Waals surface area contributed by atoms with Crippen LogP contribution in [0.2, 0.25) is 0 Å². The van der Waals surface area contributed by atoms with Crippen molar-refractivity contribution >= 4 is 5.96 Å². The Balaban J connectivity index is 1.68. The fraction of sp³-hybridized carbons (Fsp3) is 0.944. The Bertz CT molecular complexity index is 362. The van der Waals surface area contributed by atoms with E-state index in [4.69, 9.17) is 0 Å². The highest BCUT2D eigenvalue weighted by Gasteiger charge is 2.23. The van der Waals surface area contributed by atoms with Crippen molar-refractivity contribution in [1.29, 1.82) is 0 Å². The average molecular weight is 324 g/mol.